The van der Waals surface area contributed by atoms with Crippen molar-refractivity contribution in [3.05, 3.63) is 18.5 Å². The Balaban J connectivity index is 0.00000208. The van der Waals surface area contributed by atoms with E-state index in [4.69, 9.17) is 5.73 Å². The van der Waals surface area contributed by atoms with Crippen LogP contribution in [0.5, 0.6) is 0 Å². The van der Waals surface area contributed by atoms with E-state index < -0.39 is 11.0 Å². The number of primary amides is 1. The molecule has 24 heavy (non-hydrogen) atoms. The molecular weight excluding hydrogens is 330 g/mol. The van der Waals surface area contributed by atoms with Crippen LogP contribution in [-0.2, 0) is 15.1 Å². The number of aromatic nitrogens is 2. The molecule has 2 heterocycles. The molecule has 0 bridgehead atoms. The van der Waals surface area contributed by atoms with Crippen LogP contribution in [0.4, 0.5) is 0 Å². The molecule has 0 unspecified atom stereocenters. The number of nitrogens with one attached hydrogen (secondary N) is 2. The van der Waals surface area contributed by atoms with Crippen LogP contribution < -0.4 is 16.4 Å². The number of piperidine rings is 1. The average Bonchev–Trinajstić information content (AvgIpc) is 3.25. The summed E-state index contributed by atoms with van der Waals surface area (Å²) >= 11 is 0. The fourth-order valence-electron chi connectivity index (χ4n) is 3.90. The van der Waals surface area contributed by atoms with Crippen LogP contribution in [-0.4, -0.2) is 41.2 Å². The molecule has 0 spiro atoms. The molecular formula is C16H26ClN5O2. The third-order valence-electron chi connectivity index (χ3n) is 5.47. The molecule has 134 valence electrons. The summed E-state index contributed by atoms with van der Waals surface area (Å²) in [6, 6.07) is 1.83. The van der Waals surface area contributed by atoms with Crippen molar-refractivity contribution in [3.63, 3.8) is 0 Å². The Bertz CT molecular complexity index is 563. The van der Waals surface area contributed by atoms with Gasteiger partial charge in [0.25, 0.3) is 0 Å². The van der Waals surface area contributed by atoms with Crippen molar-refractivity contribution in [2.24, 2.45) is 11.1 Å². The van der Waals surface area contributed by atoms with Gasteiger partial charge in [0.2, 0.25) is 11.8 Å². The Labute approximate surface area is 148 Å². The summed E-state index contributed by atoms with van der Waals surface area (Å²) in [6.45, 7) is 1.88. The second-order valence-electron chi connectivity index (χ2n) is 6.77. The molecule has 2 amide bonds. The number of hydrogen-bond donors (Lipinski definition) is 3. The number of nitrogens with two attached hydrogens (primary N) is 1. The maximum atomic E-state index is 13.0. The molecule has 0 radical (unpaired) electrons. The van der Waals surface area contributed by atoms with E-state index in [1.165, 1.54) is 0 Å². The molecule has 2 aliphatic rings. The van der Waals surface area contributed by atoms with Crippen LogP contribution in [0.2, 0.25) is 0 Å². The van der Waals surface area contributed by atoms with Crippen LogP contribution in [0.1, 0.15) is 38.5 Å². The predicted octanol–water partition coefficient (Wildman–Crippen LogP) is 0.545. The summed E-state index contributed by atoms with van der Waals surface area (Å²) in [4.78, 5) is 24.9. The van der Waals surface area contributed by atoms with Crippen LogP contribution in [0.25, 0.3) is 0 Å². The van der Waals surface area contributed by atoms with Gasteiger partial charge < -0.3 is 16.4 Å². The lowest BCUT2D eigenvalue weighted by atomic mass is 9.83. The van der Waals surface area contributed by atoms with Crippen LogP contribution in [0.3, 0.4) is 0 Å². The lowest BCUT2D eigenvalue weighted by molar-refractivity contribution is -0.134. The fourth-order valence-corrected chi connectivity index (χ4v) is 3.90. The first-order valence-electron chi connectivity index (χ1n) is 8.38. The zero-order valence-corrected chi connectivity index (χ0v) is 14.6. The van der Waals surface area contributed by atoms with E-state index in [1.54, 1.807) is 10.9 Å². The number of amides is 2. The Morgan fingerprint density at radius 1 is 1.21 bits per heavy atom. The maximum Gasteiger partial charge on any atom is 0.248 e. The van der Waals surface area contributed by atoms with Gasteiger partial charge in [-0.25, -0.2) is 0 Å². The van der Waals surface area contributed by atoms with Crippen molar-refractivity contribution in [2.75, 3.05) is 19.6 Å². The minimum Gasteiger partial charge on any atom is -0.369 e. The molecule has 7 nitrogen and oxygen atoms in total. The monoisotopic (exact) mass is 355 g/mol. The largest absolute Gasteiger partial charge is 0.369 e. The molecule has 2 fully saturated rings. The third kappa shape index (κ3) is 3.28. The Kier molecular flexibility index (Phi) is 5.87. The van der Waals surface area contributed by atoms with E-state index in [2.05, 4.69) is 15.7 Å². The van der Waals surface area contributed by atoms with Gasteiger partial charge in [-0.15, -0.1) is 12.4 Å². The number of carbonyl (C=O) groups excluding carboxylic acids is 2. The minimum atomic E-state index is -0.674. The summed E-state index contributed by atoms with van der Waals surface area (Å²) in [5, 5.41) is 10.6. The summed E-state index contributed by atoms with van der Waals surface area (Å²) in [5.41, 5.74) is 4.36. The van der Waals surface area contributed by atoms with E-state index in [1.807, 2.05) is 12.3 Å². The third-order valence-corrected chi connectivity index (χ3v) is 5.47. The molecule has 8 heteroatoms. The first kappa shape index (κ1) is 18.7. The smallest absolute Gasteiger partial charge is 0.248 e. The molecule has 1 aliphatic carbocycles. The van der Waals surface area contributed by atoms with Crippen molar-refractivity contribution >= 4 is 24.2 Å². The Morgan fingerprint density at radius 2 is 1.88 bits per heavy atom. The van der Waals surface area contributed by atoms with Gasteiger partial charge in [-0.1, -0.05) is 12.8 Å². The van der Waals surface area contributed by atoms with Crippen molar-refractivity contribution in [2.45, 2.75) is 44.1 Å². The molecule has 1 saturated heterocycles. The zero-order valence-electron chi connectivity index (χ0n) is 13.8. The van der Waals surface area contributed by atoms with Gasteiger partial charge in [-0.2, -0.15) is 5.10 Å². The Morgan fingerprint density at radius 3 is 2.42 bits per heavy atom. The topological polar surface area (TPSA) is 102 Å². The molecule has 0 atom stereocenters. The first-order valence-corrected chi connectivity index (χ1v) is 8.38. The zero-order chi connectivity index (χ0) is 16.3. The quantitative estimate of drug-likeness (QED) is 0.717. The molecule has 1 aliphatic heterocycles. The number of nitrogens with zero attached hydrogens (tertiary/aromatic N) is 2. The van der Waals surface area contributed by atoms with Crippen LogP contribution >= 0.6 is 12.4 Å². The highest BCUT2D eigenvalue weighted by Gasteiger charge is 2.45. The predicted molar refractivity (Wildman–Crippen MR) is 92.7 cm³/mol. The summed E-state index contributed by atoms with van der Waals surface area (Å²) in [6.07, 6.45) is 8.41. The van der Waals surface area contributed by atoms with E-state index in [-0.39, 0.29) is 24.2 Å². The van der Waals surface area contributed by atoms with Crippen molar-refractivity contribution in [3.8, 4) is 0 Å². The highest BCUT2D eigenvalue weighted by Crippen LogP contribution is 2.37. The lowest BCUT2D eigenvalue weighted by Crippen LogP contribution is -2.56. The maximum absolute atomic E-state index is 13.0. The number of hydrogen-bond acceptors (Lipinski definition) is 4. The SMILES string of the molecule is Cl.NC(=O)C1(CNC(=O)C2(n3cccn3)CCNCC2)CCCC1. The number of halogens is 1. The van der Waals surface area contributed by atoms with Gasteiger partial charge in [0.15, 0.2) is 0 Å². The van der Waals surface area contributed by atoms with E-state index in [9.17, 15) is 9.59 Å². The molecule has 1 saturated carbocycles. The normalized spacial score (nSPS) is 21.7. The summed E-state index contributed by atoms with van der Waals surface area (Å²) in [5.74, 6) is -0.357. The van der Waals surface area contributed by atoms with Gasteiger partial charge in [0.05, 0.1) is 5.41 Å². The average molecular weight is 356 g/mol. The molecule has 1 aromatic rings. The standard InChI is InChI=1S/C16H25N5O2.ClH/c17-13(22)15(4-1-2-5-15)12-19-14(23)16(6-9-18-10-7-16)21-11-3-8-20-21;/h3,8,11,18H,1-2,4-7,9-10,12H2,(H2,17,22)(H,19,23);1H. The fraction of sp³-hybridized carbons (Fsp3) is 0.688. The Hall–Kier alpha value is -1.60. The minimum absolute atomic E-state index is 0. The van der Waals surface area contributed by atoms with E-state index >= 15 is 0 Å². The number of carbonyl (C=O) groups is 2. The van der Waals surface area contributed by atoms with Gasteiger partial charge in [-0.3, -0.25) is 14.3 Å². The van der Waals surface area contributed by atoms with Gasteiger partial charge in [-0.05, 0) is 44.8 Å². The highest BCUT2D eigenvalue weighted by atomic mass is 35.5. The highest BCUT2D eigenvalue weighted by molar-refractivity contribution is 5.86. The van der Waals surface area contributed by atoms with Crippen molar-refractivity contribution in [1.29, 1.82) is 0 Å². The molecule has 3 rings (SSSR count). The second kappa shape index (κ2) is 7.53. The van der Waals surface area contributed by atoms with Gasteiger partial charge in [0.1, 0.15) is 5.54 Å². The van der Waals surface area contributed by atoms with Crippen molar-refractivity contribution < 1.29 is 9.59 Å². The van der Waals surface area contributed by atoms with Gasteiger partial charge in [0, 0.05) is 18.9 Å². The first-order chi connectivity index (χ1) is 11.1. The van der Waals surface area contributed by atoms with Crippen LogP contribution in [0, 0.1) is 5.41 Å². The lowest BCUT2D eigenvalue weighted by Gasteiger charge is -2.37. The van der Waals surface area contributed by atoms with Gasteiger partial charge >= 0.3 is 0 Å². The molecule has 1 aromatic heterocycles. The second-order valence-corrected chi connectivity index (χ2v) is 6.77. The van der Waals surface area contributed by atoms with Crippen LogP contribution in [0.15, 0.2) is 18.5 Å². The number of rotatable bonds is 5. The molecule has 4 N–H and O–H groups in total. The van der Waals surface area contributed by atoms with E-state index in [0.717, 1.165) is 38.8 Å². The summed E-state index contributed by atoms with van der Waals surface area (Å²) < 4.78 is 1.76. The van der Waals surface area contributed by atoms with E-state index in [0.29, 0.717) is 19.4 Å². The van der Waals surface area contributed by atoms with Crippen molar-refractivity contribution in [1.82, 2.24) is 20.4 Å². The summed E-state index contributed by atoms with van der Waals surface area (Å²) in [7, 11) is 0. The molecule has 0 aromatic carbocycles.